The number of primary amides is 1. The molecule has 0 saturated heterocycles. The summed E-state index contributed by atoms with van der Waals surface area (Å²) in [5.41, 5.74) is 7.43. The summed E-state index contributed by atoms with van der Waals surface area (Å²) >= 11 is 0. The topological polar surface area (TPSA) is 98.9 Å². The molecule has 7 nitrogen and oxygen atoms in total. The summed E-state index contributed by atoms with van der Waals surface area (Å²) in [7, 11) is 0. The molecule has 2 aromatic rings. The summed E-state index contributed by atoms with van der Waals surface area (Å²) in [4.78, 5) is 37.7. The van der Waals surface area contributed by atoms with Crippen molar-refractivity contribution in [1.29, 1.82) is 0 Å². The quantitative estimate of drug-likeness (QED) is 0.883. The summed E-state index contributed by atoms with van der Waals surface area (Å²) in [6, 6.07) is 12.2. The highest BCUT2D eigenvalue weighted by atomic mass is 16.5. The zero-order chi connectivity index (χ0) is 19.0. The zero-order valence-electron chi connectivity index (χ0n) is 14.5. The zero-order valence-corrected chi connectivity index (χ0v) is 14.5. The summed E-state index contributed by atoms with van der Waals surface area (Å²) in [6.07, 6.45) is 0.158. The van der Waals surface area contributed by atoms with Gasteiger partial charge in [-0.05, 0) is 24.6 Å². The third kappa shape index (κ3) is 3.12. The van der Waals surface area contributed by atoms with Crippen LogP contribution in [0.5, 0.6) is 11.5 Å². The smallest absolute Gasteiger partial charge is 0.265 e. The maximum atomic E-state index is 12.8. The Morgan fingerprint density at radius 1 is 1.15 bits per heavy atom. The lowest BCUT2D eigenvalue weighted by Gasteiger charge is -2.33. The average molecular weight is 366 g/mol. The van der Waals surface area contributed by atoms with E-state index in [-0.39, 0.29) is 24.8 Å². The second kappa shape index (κ2) is 6.75. The van der Waals surface area contributed by atoms with E-state index in [1.165, 1.54) is 4.90 Å². The highest BCUT2D eigenvalue weighted by Gasteiger charge is 2.33. The van der Waals surface area contributed by atoms with E-state index in [2.05, 4.69) is 0 Å². The molecule has 1 aliphatic heterocycles. The number of carbonyl (C=O) groups is 3. The van der Waals surface area contributed by atoms with E-state index in [0.29, 0.717) is 35.6 Å². The van der Waals surface area contributed by atoms with E-state index in [9.17, 15) is 14.4 Å². The fraction of sp³-hybridized carbons (Fsp3) is 0.250. The Kier molecular flexibility index (Phi) is 4.27. The minimum Gasteiger partial charge on any atom is -0.483 e. The molecule has 138 valence electrons. The molecule has 0 bridgehead atoms. The van der Waals surface area contributed by atoms with E-state index >= 15 is 0 Å². The molecule has 0 unspecified atom stereocenters. The Bertz CT molecular complexity index is 940. The van der Waals surface area contributed by atoms with Crippen molar-refractivity contribution in [3.05, 3.63) is 53.6 Å². The Morgan fingerprint density at radius 2 is 1.96 bits per heavy atom. The highest BCUT2D eigenvalue weighted by Crippen LogP contribution is 2.34. The number of amides is 2. The SMILES string of the molecule is NC(=O)[C@H]1CN(C(=O)COc2cccc3c2CCC3=O)c2ccccc2O1. The Labute approximate surface area is 155 Å². The lowest BCUT2D eigenvalue weighted by atomic mass is 10.1. The van der Waals surface area contributed by atoms with Gasteiger partial charge in [0.25, 0.3) is 11.8 Å². The standard InChI is InChI=1S/C20H18N2O5/c21-20(25)18-10-22(14-5-1-2-6-17(14)27-18)19(24)11-26-16-7-3-4-12-13(16)8-9-15(12)23/h1-7,18H,8-11H2,(H2,21,25)/t18-/m1/s1. The summed E-state index contributed by atoms with van der Waals surface area (Å²) < 4.78 is 11.3. The molecule has 2 aromatic carbocycles. The van der Waals surface area contributed by atoms with Crippen molar-refractivity contribution in [1.82, 2.24) is 0 Å². The van der Waals surface area contributed by atoms with Gasteiger partial charge in [-0.1, -0.05) is 24.3 Å². The number of nitrogens with two attached hydrogens (primary N) is 1. The van der Waals surface area contributed by atoms with Crippen molar-refractivity contribution in [3.8, 4) is 11.5 Å². The molecule has 1 heterocycles. The van der Waals surface area contributed by atoms with Crippen LogP contribution in [0, 0.1) is 0 Å². The van der Waals surface area contributed by atoms with Crippen LogP contribution in [-0.4, -0.2) is 36.9 Å². The molecule has 1 atom stereocenters. The van der Waals surface area contributed by atoms with E-state index in [0.717, 1.165) is 5.56 Å². The lowest BCUT2D eigenvalue weighted by molar-refractivity contribution is -0.125. The van der Waals surface area contributed by atoms with Crippen LogP contribution in [0.25, 0.3) is 0 Å². The Hall–Kier alpha value is -3.35. The van der Waals surface area contributed by atoms with Gasteiger partial charge in [-0.3, -0.25) is 14.4 Å². The van der Waals surface area contributed by atoms with Gasteiger partial charge in [-0.2, -0.15) is 0 Å². The van der Waals surface area contributed by atoms with E-state index in [1.807, 2.05) is 0 Å². The molecule has 2 aliphatic rings. The van der Waals surface area contributed by atoms with E-state index in [4.69, 9.17) is 15.2 Å². The minimum absolute atomic E-state index is 0.0277. The molecule has 0 saturated carbocycles. The van der Waals surface area contributed by atoms with Gasteiger partial charge >= 0.3 is 0 Å². The first-order valence-electron chi connectivity index (χ1n) is 8.68. The van der Waals surface area contributed by atoms with Crippen LogP contribution >= 0.6 is 0 Å². The number of carbonyl (C=O) groups excluding carboxylic acids is 3. The predicted octanol–water partition coefficient (Wildman–Crippen LogP) is 1.47. The van der Waals surface area contributed by atoms with Crippen LogP contribution < -0.4 is 20.1 Å². The largest absolute Gasteiger partial charge is 0.483 e. The summed E-state index contributed by atoms with van der Waals surface area (Å²) in [6.45, 7) is -0.190. The number of hydrogen-bond acceptors (Lipinski definition) is 5. The van der Waals surface area contributed by atoms with Crippen molar-refractivity contribution < 1.29 is 23.9 Å². The molecule has 7 heteroatoms. The number of para-hydroxylation sites is 2. The van der Waals surface area contributed by atoms with Gasteiger partial charge in [0.15, 0.2) is 18.5 Å². The molecule has 2 N–H and O–H groups in total. The normalized spacial score (nSPS) is 17.7. The summed E-state index contributed by atoms with van der Waals surface area (Å²) in [5.74, 6) is 0.0986. The van der Waals surface area contributed by atoms with Crippen LogP contribution in [-0.2, 0) is 16.0 Å². The number of hydrogen-bond donors (Lipinski definition) is 1. The van der Waals surface area contributed by atoms with Crippen LogP contribution in [0.1, 0.15) is 22.3 Å². The number of ether oxygens (including phenoxy) is 2. The molecule has 2 amide bonds. The van der Waals surface area contributed by atoms with Gasteiger partial charge in [0, 0.05) is 17.5 Å². The predicted molar refractivity (Wildman–Crippen MR) is 97.0 cm³/mol. The molecule has 1 aliphatic carbocycles. The molecule has 0 radical (unpaired) electrons. The lowest BCUT2D eigenvalue weighted by Crippen LogP contribution is -2.50. The molecular weight excluding hydrogens is 348 g/mol. The van der Waals surface area contributed by atoms with Crippen molar-refractivity contribution in [2.45, 2.75) is 18.9 Å². The molecular formula is C20H18N2O5. The number of Topliss-reactive ketones (excluding diaryl/α,β-unsaturated/α-hetero) is 1. The number of rotatable bonds is 4. The van der Waals surface area contributed by atoms with Crippen molar-refractivity contribution in [2.75, 3.05) is 18.1 Å². The maximum Gasteiger partial charge on any atom is 0.265 e. The van der Waals surface area contributed by atoms with Gasteiger partial charge < -0.3 is 20.1 Å². The minimum atomic E-state index is -0.914. The second-order valence-electron chi connectivity index (χ2n) is 6.48. The number of benzene rings is 2. The molecule has 0 aromatic heterocycles. The Balaban J connectivity index is 1.53. The molecule has 27 heavy (non-hydrogen) atoms. The van der Waals surface area contributed by atoms with Crippen LogP contribution in [0.15, 0.2) is 42.5 Å². The van der Waals surface area contributed by atoms with Gasteiger partial charge in [0.2, 0.25) is 0 Å². The maximum absolute atomic E-state index is 12.8. The summed E-state index contributed by atoms with van der Waals surface area (Å²) in [5, 5.41) is 0. The Morgan fingerprint density at radius 3 is 2.78 bits per heavy atom. The average Bonchev–Trinajstić information content (AvgIpc) is 3.06. The number of fused-ring (bicyclic) bond motifs is 2. The second-order valence-corrected chi connectivity index (χ2v) is 6.48. The van der Waals surface area contributed by atoms with Crippen LogP contribution in [0.4, 0.5) is 5.69 Å². The third-order valence-electron chi connectivity index (χ3n) is 4.78. The molecule has 0 spiro atoms. The fourth-order valence-corrected chi connectivity index (χ4v) is 3.43. The monoisotopic (exact) mass is 366 g/mol. The molecule has 0 fully saturated rings. The number of ketones is 1. The van der Waals surface area contributed by atoms with Crippen LogP contribution in [0.3, 0.4) is 0 Å². The third-order valence-corrected chi connectivity index (χ3v) is 4.78. The van der Waals surface area contributed by atoms with Gasteiger partial charge in [-0.25, -0.2) is 0 Å². The van der Waals surface area contributed by atoms with Gasteiger partial charge in [0.05, 0.1) is 12.2 Å². The first-order chi connectivity index (χ1) is 13.0. The first-order valence-corrected chi connectivity index (χ1v) is 8.68. The number of nitrogens with zero attached hydrogens (tertiary/aromatic N) is 1. The number of anilines is 1. The van der Waals surface area contributed by atoms with Gasteiger partial charge in [0.1, 0.15) is 11.5 Å². The van der Waals surface area contributed by atoms with E-state index in [1.54, 1.807) is 42.5 Å². The molecule has 4 rings (SSSR count). The van der Waals surface area contributed by atoms with Crippen molar-refractivity contribution in [3.63, 3.8) is 0 Å². The highest BCUT2D eigenvalue weighted by molar-refractivity contribution is 6.01. The van der Waals surface area contributed by atoms with Crippen molar-refractivity contribution in [2.24, 2.45) is 5.73 Å². The van der Waals surface area contributed by atoms with E-state index < -0.39 is 12.0 Å². The van der Waals surface area contributed by atoms with Crippen molar-refractivity contribution >= 4 is 23.3 Å². The first kappa shape index (κ1) is 17.1. The van der Waals surface area contributed by atoms with Gasteiger partial charge in [-0.15, -0.1) is 0 Å². The fourth-order valence-electron chi connectivity index (χ4n) is 3.43. The van der Waals surface area contributed by atoms with Crippen LogP contribution in [0.2, 0.25) is 0 Å².